The van der Waals surface area contributed by atoms with E-state index in [4.69, 9.17) is 9.47 Å². The predicted molar refractivity (Wildman–Crippen MR) is 73.9 cm³/mol. The number of carbonyl (C=O) groups excluding carboxylic acids is 1. The zero-order valence-electron chi connectivity index (χ0n) is 12.6. The van der Waals surface area contributed by atoms with E-state index >= 15 is 0 Å². The highest BCUT2D eigenvalue weighted by Gasteiger charge is 2.21. The lowest BCUT2D eigenvalue weighted by Crippen LogP contribution is -2.33. The molecule has 4 nitrogen and oxygen atoms in total. The second-order valence-electron chi connectivity index (χ2n) is 5.60. The van der Waals surface area contributed by atoms with Gasteiger partial charge < -0.3 is 14.4 Å². The molecule has 0 aromatic rings. The van der Waals surface area contributed by atoms with E-state index in [1.54, 1.807) is 14.2 Å². The van der Waals surface area contributed by atoms with E-state index in [2.05, 4.69) is 4.90 Å². The van der Waals surface area contributed by atoms with Gasteiger partial charge >= 0.3 is 0 Å². The van der Waals surface area contributed by atoms with Gasteiger partial charge in [0.05, 0.1) is 6.61 Å². The molecule has 0 aromatic carbocycles. The lowest BCUT2D eigenvalue weighted by molar-refractivity contribution is -0.126. The van der Waals surface area contributed by atoms with Crippen LogP contribution in [0.3, 0.4) is 0 Å². The van der Waals surface area contributed by atoms with Crippen LogP contribution in [0.4, 0.5) is 0 Å². The minimum Gasteiger partial charge on any atom is -0.385 e. The maximum atomic E-state index is 11.9. The average molecular weight is 259 g/mol. The minimum atomic E-state index is -0.237. The van der Waals surface area contributed by atoms with Crippen molar-refractivity contribution in [2.45, 2.75) is 33.6 Å². The molecule has 0 aromatic heterocycles. The lowest BCUT2D eigenvalue weighted by Gasteiger charge is -2.23. The van der Waals surface area contributed by atoms with Gasteiger partial charge in [-0.05, 0) is 6.42 Å². The molecule has 0 heterocycles. The van der Waals surface area contributed by atoms with E-state index in [0.717, 1.165) is 32.7 Å². The third-order valence-corrected chi connectivity index (χ3v) is 2.93. The second kappa shape index (κ2) is 9.48. The summed E-state index contributed by atoms with van der Waals surface area (Å²) in [6.45, 7) is 10.0. The molecule has 0 aliphatic carbocycles. The smallest absolute Gasteiger partial charge is 0.139 e. The molecule has 0 radical (unpaired) electrons. The van der Waals surface area contributed by atoms with Gasteiger partial charge in [0.25, 0.3) is 0 Å². The molecule has 0 bridgehead atoms. The van der Waals surface area contributed by atoms with Gasteiger partial charge in [0, 0.05) is 52.3 Å². The quantitative estimate of drug-likeness (QED) is 0.562. The lowest BCUT2D eigenvalue weighted by atomic mass is 9.89. The Morgan fingerprint density at radius 3 is 2.11 bits per heavy atom. The molecule has 0 spiro atoms. The third-order valence-electron chi connectivity index (χ3n) is 2.93. The van der Waals surface area contributed by atoms with Gasteiger partial charge in [-0.1, -0.05) is 20.8 Å². The number of ketones is 1. The molecule has 0 N–H and O–H groups in total. The standard InChI is InChI=1S/C14H29NO3/c1-14(2,3)13(16)7-9-15(10-12-18-5)8-6-11-17-4/h6-12H2,1-5H3. The van der Waals surface area contributed by atoms with Crippen LogP contribution in [0.5, 0.6) is 0 Å². The monoisotopic (exact) mass is 259 g/mol. The van der Waals surface area contributed by atoms with Gasteiger partial charge in [-0.15, -0.1) is 0 Å². The fourth-order valence-electron chi connectivity index (χ4n) is 1.62. The van der Waals surface area contributed by atoms with Crippen LogP contribution in [0.15, 0.2) is 0 Å². The van der Waals surface area contributed by atoms with Crippen LogP contribution in [0, 0.1) is 5.41 Å². The first-order chi connectivity index (χ1) is 8.41. The highest BCUT2D eigenvalue weighted by Crippen LogP contribution is 2.16. The molecule has 0 aliphatic rings. The molecule has 18 heavy (non-hydrogen) atoms. The summed E-state index contributed by atoms with van der Waals surface area (Å²) in [7, 11) is 3.41. The Morgan fingerprint density at radius 1 is 1.00 bits per heavy atom. The first-order valence-electron chi connectivity index (χ1n) is 6.65. The molecule has 0 rings (SSSR count). The van der Waals surface area contributed by atoms with Crippen molar-refractivity contribution in [2.75, 3.05) is 47.1 Å². The summed E-state index contributed by atoms with van der Waals surface area (Å²) < 4.78 is 10.1. The number of nitrogens with zero attached hydrogens (tertiary/aromatic N) is 1. The van der Waals surface area contributed by atoms with Crippen LogP contribution in [-0.2, 0) is 14.3 Å². The Morgan fingerprint density at radius 2 is 1.61 bits per heavy atom. The van der Waals surface area contributed by atoms with Crippen molar-refractivity contribution in [3.8, 4) is 0 Å². The van der Waals surface area contributed by atoms with Crippen molar-refractivity contribution in [1.82, 2.24) is 4.90 Å². The second-order valence-corrected chi connectivity index (χ2v) is 5.60. The highest BCUT2D eigenvalue weighted by atomic mass is 16.5. The molecule has 0 aliphatic heterocycles. The van der Waals surface area contributed by atoms with Crippen LogP contribution >= 0.6 is 0 Å². The van der Waals surface area contributed by atoms with Crippen LogP contribution in [0.2, 0.25) is 0 Å². The number of Topliss-reactive ketones (excluding diaryl/α,β-unsaturated/α-hetero) is 1. The minimum absolute atomic E-state index is 0.237. The first-order valence-corrected chi connectivity index (χ1v) is 6.65. The van der Waals surface area contributed by atoms with Crippen molar-refractivity contribution in [1.29, 1.82) is 0 Å². The zero-order valence-corrected chi connectivity index (χ0v) is 12.6. The number of hydrogen-bond acceptors (Lipinski definition) is 4. The molecular formula is C14H29NO3. The van der Waals surface area contributed by atoms with Crippen LogP contribution in [0.25, 0.3) is 0 Å². The molecule has 0 fully saturated rings. The Hall–Kier alpha value is -0.450. The highest BCUT2D eigenvalue weighted by molar-refractivity contribution is 5.83. The first kappa shape index (κ1) is 17.6. The average Bonchev–Trinajstić information content (AvgIpc) is 2.30. The van der Waals surface area contributed by atoms with E-state index in [0.29, 0.717) is 18.8 Å². The van der Waals surface area contributed by atoms with Crippen molar-refractivity contribution >= 4 is 5.78 Å². The number of carbonyl (C=O) groups is 1. The Bertz CT molecular complexity index is 224. The van der Waals surface area contributed by atoms with E-state index in [1.165, 1.54) is 0 Å². The SMILES string of the molecule is COCCCN(CCOC)CCC(=O)C(C)(C)C. The van der Waals surface area contributed by atoms with Gasteiger partial charge in [-0.25, -0.2) is 0 Å². The van der Waals surface area contributed by atoms with Crippen LogP contribution in [0.1, 0.15) is 33.6 Å². The summed E-state index contributed by atoms with van der Waals surface area (Å²) >= 11 is 0. The number of methoxy groups -OCH3 is 2. The maximum Gasteiger partial charge on any atom is 0.139 e. The summed E-state index contributed by atoms with van der Waals surface area (Å²) in [6, 6.07) is 0. The van der Waals surface area contributed by atoms with Crippen LogP contribution < -0.4 is 0 Å². The van der Waals surface area contributed by atoms with Gasteiger partial charge in [-0.3, -0.25) is 4.79 Å². The molecular weight excluding hydrogens is 230 g/mol. The van der Waals surface area contributed by atoms with Crippen molar-refractivity contribution in [2.24, 2.45) is 5.41 Å². The van der Waals surface area contributed by atoms with Crippen molar-refractivity contribution in [3.05, 3.63) is 0 Å². The van der Waals surface area contributed by atoms with E-state index in [9.17, 15) is 4.79 Å². The van der Waals surface area contributed by atoms with E-state index < -0.39 is 0 Å². The largest absolute Gasteiger partial charge is 0.385 e. The molecule has 0 saturated carbocycles. The Labute approximate surface area is 112 Å². The van der Waals surface area contributed by atoms with Gasteiger partial charge in [-0.2, -0.15) is 0 Å². The fourth-order valence-corrected chi connectivity index (χ4v) is 1.62. The van der Waals surface area contributed by atoms with E-state index in [-0.39, 0.29) is 5.41 Å². The van der Waals surface area contributed by atoms with E-state index in [1.807, 2.05) is 20.8 Å². The van der Waals surface area contributed by atoms with Crippen molar-refractivity contribution in [3.63, 3.8) is 0 Å². The summed E-state index contributed by atoms with van der Waals surface area (Å²) in [5, 5.41) is 0. The number of rotatable bonds is 10. The summed E-state index contributed by atoms with van der Waals surface area (Å²) in [5.41, 5.74) is -0.237. The summed E-state index contributed by atoms with van der Waals surface area (Å²) in [4.78, 5) is 14.2. The number of ether oxygens (including phenoxy) is 2. The Kier molecular flexibility index (Phi) is 9.24. The molecule has 0 saturated heterocycles. The maximum absolute atomic E-state index is 11.9. The summed E-state index contributed by atoms with van der Waals surface area (Å²) in [5.74, 6) is 0.316. The molecule has 0 unspecified atom stereocenters. The van der Waals surface area contributed by atoms with Gasteiger partial charge in [0.15, 0.2) is 0 Å². The molecule has 0 amide bonds. The predicted octanol–water partition coefficient (Wildman–Crippen LogP) is 1.98. The summed E-state index contributed by atoms with van der Waals surface area (Å²) in [6.07, 6.45) is 1.60. The van der Waals surface area contributed by atoms with Crippen molar-refractivity contribution < 1.29 is 14.3 Å². The Balaban J connectivity index is 4.02. The zero-order chi connectivity index (χ0) is 14.0. The van der Waals surface area contributed by atoms with Crippen LogP contribution in [-0.4, -0.2) is 57.8 Å². The van der Waals surface area contributed by atoms with Gasteiger partial charge in [0.1, 0.15) is 5.78 Å². The van der Waals surface area contributed by atoms with Gasteiger partial charge in [0.2, 0.25) is 0 Å². The third kappa shape index (κ3) is 8.61. The number of hydrogen-bond donors (Lipinski definition) is 0. The molecule has 0 atom stereocenters. The molecule has 108 valence electrons. The fraction of sp³-hybridized carbons (Fsp3) is 0.929. The normalized spacial score (nSPS) is 12.1. The molecule has 4 heteroatoms. The topological polar surface area (TPSA) is 38.8 Å².